The van der Waals surface area contributed by atoms with Crippen molar-refractivity contribution < 1.29 is 14.6 Å². The Bertz CT molecular complexity index is 662. The standard InChI is InChI=1S/C15H17ClN2O3/c16-12-1-2-13-11(10-19)8-18(14(13)7-12)9-15(20)17-3-5-21-6-4-17/h1-2,7-8,19H,3-6,9-10H2. The van der Waals surface area contributed by atoms with E-state index in [4.69, 9.17) is 16.3 Å². The minimum absolute atomic E-state index is 0.0552. The summed E-state index contributed by atoms with van der Waals surface area (Å²) in [6, 6.07) is 5.48. The maximum atomic E-state index is 12.3. The van der Waals surface area contributed by atoms with E-state index in [1.165, 1.54) is 0 Å². The van der Waals surface area contributed by atoms with Crippen molar-refractivity contribution in [1.29, 1.82) is 0 Å². The number of hydrogen-bond donors (Lipinski definition) is 1. The van der Waals surface area contributed by atoms with Crippen molar-refractivity contribution in [3.8, 4) is 0 Å². The van der Waals surface area contributed by atoms with E-state index in [-0.39, 0.29) is 19.1 Å². The second-order valence-corrected chi connectivity index (χ2v) is 5.53. The van der Waals surface area contributed by atoms with E-state index in [0.29, 0.717) is 31.3 Å². The molecule has 1 saturated heterocycles. The van der Waals surface area contributed by atoms with E-state index in [1.807, 2.05) is 22.9 Å². The second kappa shape index (κ2) is 6.05. The van der Waals surface area contributed by atoms with Crippen molar-refractivity contribution in [1.82, 2.24) is 9.47 Å². The van der Waals surface area contributed by atoms with Crippen LogP contribution in [0.15, 0.2) is 24.4 Å². The molecule has 0 atom stereocenters. The van der Waals surface area contributed by atoms with E-state index in [2.05, 4.69) is 0 Å². The lowest BCUT2D eigenvalue weighted by Gasteiger charge is -2.27. The van der Waals surface area contributed by atoms with Crippen molar-refractivity contribution in [2.75, 3.05) is 26.3 Å². The van der Waals surface area contributed by atoms with Crippen molar-refractivity contribution in [3.05, 3.63) is 35.0 Å². The number of hydrogen-bond acceptors (Lipinski definition) is 3. The Morgan fingerprint density at radius 1 is 1.33 bits per heavy atom. The number of ether oxygens (including phenoxy) is 1. The summed E-state index contributed by atoms with van der Waals surface area (Å²) in [6.45, 7) is 2.63. The zero-order valence-corrected chi connectivity index (χ0v) is 12.3. The van der Waals surface area contributed by atoms with Crippen molar-refractivity contribution >= 4 is 28.4 Å². The number of morpholine rings is 1. The molecule has 21 heavy (non-hydrogen) atoms. The largest absolute Gasteiger partial charge is 0.392 e. The zero-order chi connectivity index (χ0) is 14.8. The number of carbonyl (C=O) groups is 1. The summed E-state index contributed by atoms with van der Waals surface area (Å²) in [6.07, 6.45) is 1.82. The molecule has 1 amide bonds. The third-order valence-electron chi connectivity index (χ3n) is 3.77. The molecule has 0 unspecified atom stereocenters. The molecule has 3 rings (SSSR count). The highest BCUT2D eigenvalue weighted by molar-refractivity contribution is 6.31. The number of aliphatic hydroxyl groups is 1. The van der Waals surface area contributed by atoms with Gasteiger partial charge in [0, 0.05) is 35.3 Å². The SMILES string of the molecule is O=C(Cn1cc(CO)c2ccc(Cl)cc21)N1CCOCC1. The smallest absolute Gasteiger partial charge is 0.242 e. The number of halogens is 1. The highest BCUT2D eigenvalue weighted by Crippen LogP contribution is 2.25. The predicted molar refractivity (Wildman–Crippen MR) is 80.3 cm³/mol. The third kappa shape index (κ3) is 2.90. The number of nitrogens with zero attached hydrogens (tertiary/aromatic N) is 2. The van der Waals surface area contributed by atoms with Crippen LogP contribution in [0.25, 0.3) is 10.9 Å². The summed E-state index contributed by atoms with van der Waals surface area (Å²) in [7, 11) is 0. The fourth-order valence-corrected chi connectivity index (χ4v) is 2.82. The van der Waals surface area contributed by atoms with Gasteiger partial charge in [0.05, 0.1) is 25.3 Å². The fourth-order valence-electron chi connectivity index (χ4n) is 2.66. The van der Waals surface area contributed by atoms with E-state index >= 15 is 0 Å². The molecule has 5 nitrogen and oxygen atoms in total. The Hall–Kier alpha value is -1.56. The number of fused-ring (bicyclic) bond motifs is 1. The van der Waals surface area contributed by atoms with Crippen LogP contribution in [0.4, 0.5) is 0 Å². The van der Waals surface area contributed by atoms with Gasteiger partial charge in [-0.2, -0.15) is 0 Å². The lowest BCUT2D eigenvalue weighted by Crippen LogP contribution is -2.42. The van der Waals surface area contributed by atoms with Gasteiger partial charge in [0.25, 0.3) is 0 Å². The number of aliphatic hydroxyl groups excluding tert-OH is 1. The molecule has 1 aromatic heterocycles. The Labute approximate surface area is 127 Å². The Morgan fingerprint density at radius 3 is 2.81 bits per heavy atom. The third-order valence-corrected chi connectivity index (χ3v) is 4.00. The van der Waals surface area contributed by atoms with Crippen molar-refractivity contribution in [2.24, 2.45) is 0 Å². The maximum absolute atomic E-state index is 12.3. The molecular weight excluding hydrogens is 292 g/mol. The molecule has 1 N–H and O–H groups in total. The van der Waals surface area contributed by atoms with Crippen molar-refractivity contribution in [3.63, 3.8) is 0 Å². The molecule has 0 bridgehead atoms. The van der Waals surface area contributed by atoms with Gasteiger partial charge in [-0.1, -0.05) is 17.7 Å². The first-order chi connectivity index (χ1) is 10.2. The molecule has 0 spiro atoms. The highest BCUT2D eigenvalue weighted by atomic mass is 35.5. The number of aromatic nitrogens is 1. The fraction of sp³-hybridized carbons (Fsp3) is 0.400. The Balaban J connectivity index is 1.89. The van der Waals surface area contributed by atoms with E-state index in [0.717, 1.165) is 16.5 Å². The van der Waals surface area contributed by atoms with Crippen LogP contribution in [0.2, 0.25) is 5.02 Å². The molecule has 1 fully saturated rings. The zero-order valence-electron chi connectivity index (χ0n) is 11.6. The monoisotopic (exact) mass is 308 g/mol. The minimum Gasteiger partial charge on any atom is -0.392 e. The van der Waals surface area contributed by atoms with Crippen LogP contribution in [-0.2, 0) is 22.7 Å². The quantitative estimate of drug-likeness (QED) is 0.938. The lowest BCUT2D eigenvalue weighted by atomic mass is 10.2. The van der Waals surface area contributed by atoms with Gasteiger partial charge >= 0.3 is 0 Å². The molecule has 2 heterocycles. The van der Waals surface area contributed by atoms with Crippen LogP contribution in [0.3, 0.4) is 0 Å². The topological polar surface area (TPSA) is 54.7 Å². The van der Waals surface area contributed by atoms with Crippen LogP contribution in [-0.4, -0.2) is 46.8 Å². The summed E-state index contributed by atoms with van der Waals surface area (Å²) in [4.78, 5) is 14.2. The number of rotatable bonds is 3. The lowest BCUT2D eigenvalue weighted by molar-refractivity contribution is -0.135. The predicted octanol–water partition coefficient (Wildman–Crippen LogP) is 1.65. The second-order valence-electron chi connectivity index (χ2n) is 5.09. The van der Waals surface area contributed by atoms with Gasteiger partial charge in [-0.25, -0.2) is 0 Å². The highest BCUT2D eigenvalue weighted by Gasteiger charge is 2.18. The van der Waals surface area contributed by atoms with Gasteiger partial charge in [0.15, 0.2) is 0 Å². The molecule has 0 saturated carbocycles. The summed E-state index contributed by atoms with van der Waals surface area (Å²) >= 11 is 6.04. The van der Waals surface area contributed by atoms with Gasteiger partial charge in [-0.05, 0) is 12.1 Å². The molecule has 0 aliphatic carbocycles. The van der Waals surface area contributed by atoms with Gasteiger partial charge in [-0.15, -0.1) is 0 Å². The molecule has 1 aromatic carbocycles. The summed E-state index contributed by atoms with van der Waals surface area (Å²) in [5.41, 5.74) is 1.67. The Morgan fingerprint density at radius 2 is 2.10 bits per heavy atom. The molecule has 1 aliphatic heterocycles. The first kappa shape index (κ1) is 14.4. The van der Waals surface area contributed by atoms with Crippen LogP contribution >= 0.6 is 11.6 Å². The van der Waals surface area contributed by atoms with Gasteiger partial charge in [-0.3, -0.25) is 4.79 Å². The summed E-state index contributed by atoms with van der Waals surface area (Å²) in [5, 5.41) is 11.0. The number of benzene rings is 1. The average Bonchev–Trinajstić information content (AvgIpc) is 2.85. The van der Waals surface area contributed by atoms with E-state index in [1.54, 1.807) is 11.0 Å². The van der Waals surface area contributed by atoms with Crippen LogP contribution in [0.1, 0.15) is 5.56 Å². The van der Waals surface area contributed by atoms with Crippen LogP contribution < -0.4 is 0 Å². The molecule has 1 aliphatic rings. The molecule has 6 heteroatoms. The van der Waals surface area contributed by atoms with E-state index in [9.17, 15) is 9.90 Å². The van der Waals surface area contributed by atoms with Crippen LogP contribution in [0, 0.1) is 0 Å². The number of carbonyl (C=O) groups excluding carboxylic acids is 1. The molecule has 2 aromatic rings. The molecule has 112 valence electrons. The van der Waals surface area contributed by atoms with E-state index < -0.39 is 0 Å². The average molecular weight is 309 g/mol. The van der Waals surface area contributed by atoms with Gasteiger partial charge < -0.3 is 19.3 Å². The number of amides is 1. The Kier molecular flexibility index (Phi) is 4.14. The van der Waals surface area contributed by atoms with Gasteiger partial charge in [0.1, 0.15) is 6.54 Å². The summed E-state index contributed by atoms with van der Waals surface area (Å²) in [5.74, 6) is 0.0552. The van der Waals surface area contributed by atoms with Gasteiger partial charge in [0.2, 0.25) is 5.91 Å². The molecular formula is C15H17ClN2O3. The van der Waals surface area contributed by atoms with Crippen LogP contribution in [0.5, 0.6) is 0 Å². The first-order valence-corrected chi connectivity index (χ1v) is 7.30. The van der Waals surface area contributed by atoms with Crippen molar-refractivity contribution in [2.45, 2.75) is 13.2 Å². The normalized spacial score (nSPS) is 15.6. The summed E-state index contributed by atoms with van der Waals surface area (Å²) < 4.78 is 7.11. The molecule has 0 radical (unpaired) electrons. The maximum Gasteiger partial charge on any atom is 0.242 e. The minimum atomic E-state index is -0.0587. The first-order valence-electron chi connectivity index (χ1n) is 6.92.